The van der Waals surface area contributed by atoms with Crippen molar-refractivity contribution in [2.45, 2.75) is 12.3 Å². The van der Waals surface area contributed by atoms with Crippen LogP contribution in [0.1, 0.15) is 28.3 Å². The fourth-order valence-electron chi connectivity index (χ4n) is 2.69. The van der Waals surface area contributed by atoms with Gasteiger partial charge in [0, 0.05) is 37.7 Å². The largest absolute Gasteiger partial charge is 0.480 e. The van der Waals surface area contributed by atoms with E-state index in [0.717, 1.165) is 6.26 Å². The Bertz CT molecular complexity index is 1170. The van der Waals surface area contributed by atoms with E-state index in [1.165, 1.54) is 22.9 Å². The molecule has 0 fully saturated rings. The number of amides is 1. The lowest BCUT2D eigenvalue weighted by Gasteiger charge is -2.11. The fourth-order valence-corrected chi connectivity index (χ4v) is 3.32. The number of carbonyl (C=O) groups excluding carboxylic acids is 1. The van der Waals surface area contributed by atoms with Gasteiger partial charge in [-0.2, -0.15) is 5.10 Å². The topological polar surface area (TPSA) is 146 Å². The van der Waals surface area contributed by atoms with Crippen molar-refractivity contribution in [1.29, 1.82) is 0 Å². The van der Waals surface area contributed by atoms with E-state index in [1.54, 1.807) is 37.4 Å². The lowest BCUT2D eigenvalue weighted by atomic mass is 10.2. The summed E-state index contributed by atoms with van der Waals surface area (Å²) in [7, 11) is -0.317. The van der Waals surface area contributed by atoms with E-state index in [9.17, 15) is 13.2 Å². The number of carbonyl (C=O) groups is 1. The second-order valence-electron chi connectivity index (χ2n) is 6.81. The summed E-state index contributed by atoms with van der Waals surface area (Å²) in [6.45, 7) is 2.37. The minimum Gasteiger partial charge on any atom is -0.480 e. The number of hydrogen-bond donors (Lipinski definition) is 1. The lowest BCUT2D eigenvalue weighted by Crippen LogP contribution is -2.26. The molecule has 0 aromatic carbocycles. The Hall–Kier alpha value is -3.38. The quantitative estimate of drug-likeness (QED) is 0.558. The molecule has 3 heterocycles. The molecule has 0 aliphatic carbocycles. The van der Waals surface area contributed by atoms with Crippen LogP contribution in [-0.4, -0.2) is 71.1 Å². The number of pyridine rings is 1. The number of rotatable bonds is 7. The van der Waals surface area contributed by atoms with Crippen LogP contribution in [0.2, 0.25) is 0 Å². The average molecular weight is 446 g/mol. The number of hydrogen-bond acceptors (Lipinski definition) is 9. The Labute approximate surface area is 179 Å². The third kappa shape index (κ3) is 4.70. The molecule has 1 unspecified atom stereocenters. The van der Waals surface area contributed by atoms with E-state index in [-0.39, 0.29) is 11.6 Å². The molecule has 3 aromatic heterocycles. The smallest absolute Gasteiger partial charge is 0.274 e. The molecule has 0 spiro atoms. The second kappa shape index (κ2) is 8.78. The van der Waals surface area contributed by atoms with Crippen LogP contribution in [0.25, 0.3) is 17.2 Å². The first-order chi connectivity index (χ1) is 14.7. The molecule has 1 amide bonds. The highest BCUT2D eigenvalue weighted by atomic mass is 32.2. The van der Waals surface area contributed by atoms with Gasteiger partial charge in [0.2, 0.25) is 5.88 Å². The summed E-state index contributed by atoms with van der Waals surface area (Å²) in [6.07, 6.45) is 2.45. The highest BCUT2D eigenvalue weighted by Gasteiger charge is 2.22. The molecule has 12 heteroatoms. The van der Waals surface area contributed by atoms with E-state index in [4.69, 9.17) is 10.5 Å². The molecule has 0 saturated carbocycles. The van der Waals surface area contributed by atoms with Crippen LogP contribution >= 0.6 is 0 Å². The summed E-state index contributed by atoms with van der Waals surface area (Å²) in [5, 5.41) is 11.3. The number of ether oxygens (including phenoxy) is 1. The maximum absolute atomic E-state index is 12.6. The number of sulfone groups is 1. The third-order valence-corrected chi connectivity index (χ3v) is 5.83. The van der Waals surface area contributed by atoms with E-state index < -0.39 is 15.2 Å². The molecule has 0 saturated heterocycles. The Kier molecular flexibility index (Phi) is 6.32. The van der Waals surface area contributed by atoms with Gasteiger partial charge in [-0.1, -0.05) is 6.07 Å². The lowest BCUT2D eigenvalue weighted by molar-refractivity contribution is 0.0796. The first kappa shape index (κ1) is 22.3. The van der Waals surface area contributed by atoms with Crippen molar-refractivity contribution in [2.24, 2.45) is 5.73 Å². The Morgan fingerprint density at radius 2 is 2.00 bits per heavy atom. The molecule has 3 aromatic rings. The van der Waals surface area contributed by atoms with Gasteiger partial charge < -0.3 is 15.4 Å². The zero-order valence-corrected chi connectivity index (χ0v) is 18.4. The number of nitrogens with zero attached hydrogens (tertiary/aromatic N) is 6. The Balaban J connectivity index is 2.09. The number of methoxy groups -OCH3 is 1. The number of aromatic nitrogens is 5. The highest BCUT2D eigenvalue weighted by molar-refractivity contribution is 7.90. The zero-order chi connectivity index (χ0) is 22.8. The van der Waals surface area contributed by atoms with Gasteiger partial charge in [0.05, 0.1) is 18.5 Å². The summed E-state index contributed by atoms with van der Waals surface area (Å²) in [6, 6.07) is 8.05. The predicted molar refractivity (Wildman–Crippen MR) is 113 cm³/mol. The summed E-state index contributed by atoms with van der Waals surface area (Å²) in [5.41, 5.74) is 7.26. The van der Waals surface area contributed by atoms with E-state index in [2.05, 4.69) is 20.3 Å². The molecule has 3 rings (SSSR count). The minimum atomic E-state index is -3.47. The van der Waals surface area contributed by atoms with Crippen LogP contribution in [0, 0.1) is 0 Å². The predicted octanol–water partition coefficient (Wildman–Crippen LogP) is 0.827. The summed E-state index contributed by atoms with van der Waals surface area (Å²) in [4.78, 5) is 18.5. The SMILES string of the molecule is CCN(C)C(=O)c1cc(-c2ccc(C(N)S(C)(=O)=O)cn2)n(-c2ccc(OC)nn2)n1. The van der Waals surface area contributed by atoms with E-state index in [0.29, 0.717) is 35.2 Å². The van der Waals surface area contributed by atoms with E-state index >= 15 is 0 Å². The molecule has 31 heavy (non-hydrogen) atoms. The standard InChI is InChI=1S/C19H23N7O4S/c1-5-25(2)19(27)14-10-15(26(24-14)16-8-9-17(30-3)23-22-16)13-7-6-12(11-21-13)18(20)31(4,28)29/h6-11,18H,5,20H2,1-4H3. The van der Waals surface area contributed by atoms with Crippen molar-refractivity contribution in [2.75, 3.05) is 27.0 Å². The van der Waals surface area contributed by atoms with Crippen LogP contribution in [0.5, 0.6) is 5.88 Å². The fraction of sp³-hybridized carbons (Fsp3) is 0.316. The molecule has 0 radical (unpaired) electrons. The van der Waals surface area contributed by atoms with Crippen LogP contribution in [0.3, 0.4) is 0 Å². The normalized spacial score (nSPS) is 12.4. The first-order valence-electron chi connectivity index (χ1n) is 9.30. The maximum atomic E-state index is 12.6. The summed E-state index contributed by atoms with van der Waals surface area (Å²) >= 11 is 0. The zero-order valence-electron chi connectivity index (χ0n) is 17.6. The van der Waals surface area contributed by atoms with Crippen molar-refractivity contribution < 1.29 is 17.9 Å². The molecule has 0 aliphatic rings. The van der Waals surface area contributed by atoms with Gasteiger partial charge in [-0.25, -0.2) is 13.1 Å². The van der Waals surface area contributed by atoms with Gasteiger partial charge in [0.15, 0.2) is 21.3 Å². The van der Waals surface area contributed by atoms with Crippen molar-refractivity contribution in [3.8, 4) is 23.1 Å². The molecule has 164 valence electrons. The molecule has 0 bridgehead atoms. The molecule has 0 aliphatic heterocycles. The van der Waals surface area contributed by atoms with E-state index in [1.807, 2.05) is 6.92 Å². The van der Waals surface area contributed by atoms with Crippen molar-refractivity contribution in [3.63, 3.8) is 0 Å². The molecular formula is C19H23N7O4S. The molecular weight excluding hydrogens is 422 g/mol. The summed E-state index contributed by atoms with van der Waals surface area (Å²) < 4.78 is 29.9. The van der Waals surface area contributed by atoms with Gasteiger partial charge >= 0.3 is 0 Å². The van der Waals surface area contributed by atoms with Crippen molar-refractivity contribution in [1.82, 2.24) is 29.9 Å². The minimum absolute atomic E-state index is 0.204. The molecule has 11 nitrogen and oxygen atoms in total. The van der Waals surface area contributed by atoms with Crippen LogP contribution in [0.15, 0.2) is 36.5 Å². The second-order valence-corrected chi connectivity index (χ2v) is 8.97. The van der Waals surface area contributed by atoms with Crippen LogP contribution in [-0.2, 0) is 9.84 Å². The van der Waals surface area contributed by atoms with Gasteiger partial charge in [-0.3, -0.25) is 9.78 Å². The Morgan fingerprint density at radius 3 is 2.52 bits per heavy atom. The van der Waals surface area contributed by atoms with Crippen molar-refractivity contribution >= 4 is 15.7 Å². The van der Waals surface area contributed by atoms with Gasteiger partial charge in [-0.05, 0) is 25.1 Å². The molecule has 1 atom stereocenters. The van der Waals surface area contributed by atoms with Gasteiger partial charge in [-0.15, -0.1) is 10.2 Å². The Morgan fingerprint density at radius 1 is 1.26 bits per heavy atom. The van der Waals surface area contributed by atoms with Gasteiger partial charge in [0.1, 0.15) is 5.37 Å². The molecule has 2 N–H and O–H groups in total. The summed E-state index contributed by atoms with van der Waals surface area (Å²) in [5.74, 6) is 0.420. The van der Waals surface area contributed by atoms with Crippen LogP contribution in [0.4, 0.5) is 0 Å². The van der Waals surface area contributed by atoms with Crippen molar-refractivity contribution in [3.05, 3.63) is 47.8 Å². The number of nitrogens with two attached hydrogens (primary N) is 1. The monoisotopic (exact) mass is 445 g/mol. The first-order valence-corrected chi connectivity index (χ1v) is 11.3. The van der Waals surface area contributed by atoms with Crippen LogP contribution < -0.4 is 10.5 Å². The maximum Gasteiger partial charge on any atom is 0.274 e. The highest BCUT2D eigenvalue weighted by Crippen LogP contribution is 2.24. The average Bonchev–Trinajstić information content (AvgIpc) is 3.22. The third-order valence-electron chi connectivity index (χ3n) is 4.64. The van der Waals surface area contributed by atoms with Gasteiger partial charge in [0.25, 0.3) is 5.91 Å².